The molecule has 2 fully saturated rings. The van der Waals surface area contributed by atoms with E-state index in [1.165, 1.54) is 7.11 Å². The molecule has 0 aromatic carbocycles. The molecule has 0 radical (unpaired) electrons. The lowest BCUT2D eigenvalue weighted by Gasteiger charge is -2.24. The minimum atomic E-state index is -0.531. The summed E-state index contributed by atoms with van der Waals surface area (Å²) in [6.07, 6.45) is 3.10. The Kier molecular flexibility index (Phi) is 4.13. The maximum atomic E-state index is 12.3. The summed E-state index contributed by atoms with van der Waals surface area (Å²) in [7, 11) is 1.36. The summed E-state index contributed by atoms with van der Waals surface area (Å²) < 4.78 is 4.75. The number of ether oxygens (including phenoxy) is 1. The largest absolute Gasteiger partial charge is 0.467 e. The number of carbonyl (C=O) groups excluding carboxylic acids is 2. The fraction of sp³-hybridized carbons (Fsp3) is 0.857. The van der Waals surface area contributed by atoms with Crippen LogP contribution in [0.5, 0.6) is 0 Å². The molecular formula is C14H24N2O3. The minimum Gasteiger partial charge on any atom is -0.467 e. The van der Waals surface area contributed by atoms with Crippen molar-refractivity contribution >= 4 is 11.9 Å². The Bertz CT molecular complexity index is 362. The number of carbonyl (C=O) groups is 2. The average Bonchev–Trinajstić information content (AvgIpc) is 3.09. The number of esters is 1. The maximum absolute atomic E-state index is 12.3. The van der Waals surface area contributed by atoms with Crippen molar-refractivity contribution in [2.24, 2.45) is 17.3 Å². The molecule has 2 rings (SSSR count). The van der Waals surface area contributed by atoms with Gasteiger partial charge in [0, 0.05) is 5.92 Å². The highest BCUT2D eigenvalue weighted by Crippen LogP contribution is 2.58. The van der Waals surface area contributed by atoms with Gasteiger partial charge >= 0.3 is 5.97 Å². The predicted molar refractivity (Wildman–Crippen MR) is 71.4 cm³/mol. The van der Waals surface area contributed by atoms with Crippen molar-refractivity contribution in [3.8, 4) is 0 Å². The Morgan fingerprint density at radius 3 is 2.47 bits per heavy atom. The van der Waals surface area contributed by atoms with Gasteiger partial charge in [0.2, 0.25) is 5.91 Å². The molecule has 5 nitrogen and oxygen atoms in total. The molecule has 0 aromatic heterocycles. The SMILES string of the molecule is COC(=O)[C@@H](NC(=O)C1CC12CCNCC2)C(C)C. The molecule has 0 aromatic rings. The zero-order valence-corrected chi connectivity index (χ0v) is 12.0. The van der Waals surface area contributed by atoms with Gasteiger partial charge in [-0.2, -0.15) is 0 Å². The summed E-state index contributed by atoms with van der Waals surface area (Å²) in [5.41, 5.74) is 0.201. The highest BCUT2D eigenvalue weighted by molar-refractivity contribution is 5.88. The quantitative estimate of drug-likeness (QED) is 0.736. The van der Waals surface area contributed by atoms with Gasteiger partial charge in [-0.15, -0.1) is 0 Å². The standard InChI is InChI=1S/C14H24N2O3/c1-9(2)11(13(18)19-3)16-12(17)10-8-14(10)4-6-15-7-5-14/h9-11,15H,4-8H2,1-3H3,(H,16,17)/t10?,11-/m0/s1. The summed E-state index contributed by atoms with van der Waals surface area (Å²) in [6, 6.07) is -0.531. The van der Waals surface area contributed by atoms with Crippen LogP contribution in [-0.4, -0.2) is 38.1 Å². The molecule has 1 unspecified atom stereocenters. The topological polar surface area (TPSA) is 67.4 Å². The van der Waals surface area contributed by atoms with Crippen molar-refractivity contribution in [1.29, 1.82) is 0 Å². The van der Waals surface area contributed by atoms with E-state index in [9.17, 15) is 9.59 Å². The first-order valence-electron chi connectivity index (χ1n) is 7.09. The van der Waals surface area contributed by atoms with E-state index in [-0.39, 0.29) is 29.1 Å². The van der Waals surface area contributed by atoms with E-state index in [1.54, 1.807) is 0 Å². The molecule has 2 aliphatic rings. The first kappa shape index (κ1) is 14.3. The van der Waals surface area contributed by atoms with Gasteiger partial charge in [0.25, 0.3) is 0 Å². The van der Waals surface area contributed by atoms with E-state index in [0.29, 0.717) is 0 Å². The fourth-order valence-corrected chi connectivity index (χ4v) is 3.07. The van der Waals surface area contributed by atoms with Gasteiger partial charge in [-0.1, -0.05) is 13.8 Å². The monoisotopic (exact) mass is 268 g/mol. The van der Waals surface area contributed by atoms with Crippen LogP contribution in [0, 0.1) is 17.3 Å². The van der Waals surface area contributed by atoms with E-state index >= 15 is 0 Å². The molecule has 1 aliphatic heterocycles. The van der Waals surface area contributed by atoms with Crippen LogP contribution >= 0.6 is 0 Å². The van der Waals surface area contributed by atoms with E-state index < -0.39 is 6.04 Å². The Morgan fingerprint density at radius 2 is 1.95 bits per heavy atom. The van der Waals surface area contributed by atoms with Crippen molar-refractivity contribution in [1.82, 2.24) is 10.6 Å². The van der Waals surface area contributed by atoms with Crippen LogP contribution in [0.4, 0.5) is 0 Å². The normalized spacial score (nSPS) is 26.0. The van der Waals surface area contributed by atoms with Crippen LogP contribution in [0.1, 0.15) is 33.1 Å². The molecule has 1 aliphatic carbocycles. The second-order valence-corrected chi connectivity index (χ2v) is 6.12. The van der Waals surface area contributed by atoms with E-state index in [1.807, 2.05) is 13.8 Å². The summed E-state index contributed by atoms with van der Waals surface area (Å²) >= 11 is 0. The minimum absolute atomic E-state index is 0.0194. The molecule has 1 heterocycles. The summed E-state index contributed by atoms with van der Waals surface area (Å²) in [4.78, 5) is 23.9. The Balaban J connectivity index is 1.92. The fourth-order valence-electron chi connectivity index (χ4n) is 3.07. The van der Waals surface area contributed by atoms with E-state index in [0.717, 1.165) is 32.4 Å². The molecular weight excluding hydrogens is 244 g/mol. The van der Waals surface area contributed by atoms with Gasteiger partial charge in [0.1, 0.15) is 6.04 Å². The number of methoxy groups -OCH3 is 1. The zero-order chi connectivity index (χ0) is 14.0. The molecule has 1 saturated heterocycles. The molecule has 108 valence electrons. The molecule has 2 N–H and O–H groups in total. The van der Waals surface area contributed by atoms with Crippen LogP contribution in [0.25, 0.3) is 0 Å². The smallest absolute Gasteiger partial charge is 0.328 e. The van der Waals surface area contributed by atoms with E-state index in [4.69, 9.17) is 4.74 Å². The highest BCUT2D eigenvalue weighted by atomic mass is 16.5. The predicted octanol–water partition coefficient (Wildman–Crippen LogP) is 0.690. The lowest BCUT2D eigenvalue weighted by atomic mass is 9.91. The molecule has 19 heavy (non-hydrogen) atoms. The van der Waals surface area contributed by atoms with Gasteiger partial charge < -0.3 is 15.4 Å². The van der Waals surface area contributed by atoms with Crippen molar-refractivity contribution in [2.75, 3.05) is 20.2 Å². The van der Waals surface area contributed by atoms with Crippen molar-refractivity contribution in [2.45, 2.75) is 39.2 Å². The van der Waals surface area contributed by atoms with Crippen molar-refractivity contribution < 1.29 is 14.3 Å². The van der Waals surface area contributed by atoms with Gasteiger partial charge in [-0.05, 0) is 43.7 Å². The second kappa shape index (κ2) is 5.49. The van der Waals surface area contributed by atoms with Gasteiger partial charge in [-0.25, -0.2) is 4.79 Å². The first-order valence-corrected chi connectivity index (χ1v) is 7.09. The van der Waals surface area contributed by atoms with E-state index in [2.05, 4.69) is 10.6 Å². The summed E-state index contributed by atoms with van der Waals surface area (Å²) in [6.45, 7) is 5.81. The molecule has 1 spiro atoms. The number of amides is 1. The van der Waals surface area contributed by atoms with Crippen molar-refractivity contribution in [3.05, 3.63) is 0 Å². The summed E-state index contributed by atoms with van der Waals surface area (Å²) in [5.74, 6) is -0.214. The Hall–Kier alpha value is -1.10. The van der Waals surface area contributed by atoms with Crippen LogP contribution < -0.4 is 10.6 Å². The lowest BCUT2D eigenvalue weighted by molar-refractivity contribution is -0.146. The van der Waals surface area contributed by atoms with Crippen LogP contribution in [0.3, 0.4) is 0 Å². The summed E-state index contributed by atoms with van der Waals surface area (Å²) in [5, 5.41) is 6.19. The number of piperidine rings is 1. The second-order valence-electron chi connectivity index (χ2n) is 6.12. The van der Waals surface area contributed by atoms with Gasteiger partial charge in [-0.3, -0.25) is 4.79 Å². The Morgan fingerprint density at radius 1 is 1.32 bits per heavy atom. The average molecular weight is 268 g/mol. The zero-order valence-electron chi connectivity index (χ0n) is 12.0. The molecule has 1 amide bonds. The third-order valence-electron chi connectivity index (χ3n) is 4.53. The molecule has 5 heteroatoms. The molecule has 0 bridgehead atoms. The molecule has 1 saturated carbocycles. The first-order chi connectivity index (χ1) is 9.00. The van der Waals surface area contributed by atoms with Crippen LogP contribution in [-0.2, 0) is 14.3 Å². The van der Waals surface area contributed by atoms with Gasteiger partial charge in [0.05, 0.1) is 7.11 Å². The van der Waals surface area contributed by atoms with Gasteiger partial charge in [0.15, 0.2) is 0 Å². The Labute approximate surface area is 114 Å². The highest BCUT2D eigenvalue weighted by Gasteiger charge is 2.58. The number of nitrogens with one attached hydrogen (secondary N) is 2. The van der Waals surface area contributed by atoms with Crippen LogP contribution in [0.2, 0.25) is 0 Å². The number of hydrogen-bond donors (Lipinski definition) is 2. The number of hydrogen-bond acceptors (Lipinski definition) is 4. The third-order valence-corrected chi connectivity index (χ3v) is 4.53. The lowest BCUT2D eigenvalue weighted by Crippen LogP contribution is -2.46. The van der Waals surface area contributed by atoms with Crippen molar-refractivity contribution in [3.63, 3.8) is 0 Å². The third kappa shape index (κ3) is 2.91. The van der Waals surface area contributed by atoms with Crippen LogP contribution in [0.15, 0.2) is 0 Å². The number of rotatable bonds is 4. The molecule has 2 atom stereocenters. The maximum Gasteiger partial charge on any atom is 0.328 e.